The minimum Gasteiger partial charge on any atom is -0.343 e. The van der Waals surface area contributed by atoms with E-state index in [-0.39, 0.29) is 17.3 Å². The highest BCUT2D eigenvalue weighted by molar-refractivity contribution is 7.89. The largest absolute Gasteiger partial charge is 0.343 e. The lowest BCUT2D eigenvalue weighted by Crippen LogP contribution is -2.50. The summed E-state index contributed by atoms with van der Waals surface area (Å²) in [7, 11) is -1.89. The second kappa shape index (κ2) is 5.54. The fourth-order valence-corrected chi connectivity index (χ4v) is 3.50. The molecule has 1 aromatic carbocycles. The van der Waals surface area contributed by atoms with Gasteiger partial charge < -0.3 is 4.90 Å². The van der Waals surface area contributed by atoms with Crippen molar-refractivity contribution < 1.29 is 13.2 Å². The molecule has 0 radical (unpaired) electrons. The van der Waals surface area contributed by atoms with Crippen LogP contribution >= 0.6 is 0 Å². The lowest BCUT2D eigenvalue weighted by atomic mass is 10.0. The molecule has 0 atom stereocenters. The molecular weight excluding hydrogens is 276 g/mol. The van der Waals surface area contributed by atoms with Gasteiger partial charge in [0.15, 0.2) is 0 Å². The number of carbonyl (C=O) groups is 1. The van der Waals surface area contributed by atoms with Crippen LogP contribution in [0.15, 0.2) is 29.2 Å². The maximum atomic E-state index is 12.5. The van der Waals surface area contributed by atoms with Gasteiger partial charge in [-0.2, -0.15) is 4.31 Å². The molecule has 0 N–H and O–H groups in total. The number of nitrogens with zero attached hydrogens (tertiary/aromatic N) is 2. The van der Waals surface area contributed by atoms with Crippen molar-refractivity contribution in [2.75, 3.05) is 26.7 Å². The molecule has 5 nitrogen and oxygen atoms in total. The van der Waals surface area contributed by atoms with Gasteiger partial charge in [-0.15, -0.1) is 0 Å². The average Bonchev–Trinajstić information content (AvgIpc) is 2.41. The second-order valence-corrected chi connectivity index (χ2v) is 7.32. The van der Waals surface area contributed by atoms with E-state index in [2.05, 4.69) is 13.8 Å². The molecule has 1 fully saturated rings. The van der Waals surface area contributed by atoms with Crippen molar-refractivity contribution in [3.63, 3.8) is 0 Å². The second-order valence-electron chi connectivity index (χ2n) is 5.38. The van der Waals surface area contributed by atoms with Crippen LogP contribution in [-0.2, 0) is 14.8 Å². The SMILES string of the molecule is CC(C)c1ccc(S(=O)(=O)N2CCN(C)C(=O)C2)cc1. The summed E-state index contributed by atoms with van der Waals surface area (Å²) >= 11 is 0. The number of amides is 1. The zero-order valence-corrected chi connectivity index (χ0v) is 12.9. The lowest BCUT2D eigenvalue weighted by molar-refractivity contribution is -0.132. The van der Waals surface area contributed by atoms with Crippen LogP contribution in [-0.4, -0.2) is 50.2 Å². The Labute approximate surface area is 120 Å². The van der Waals surface area contributed by atoms with Crippen LogP contribution in [0.1, 0.15) is 25.3 Å². The molecule has 20 heavy (non-hydrogen) atoms. The highest BCUT2D eigenvalue weighted by Crippen LogP contribution is 2.21. The number of sulfonamides is 1. The van der Waals surface area contributed by atoms with Crippen LogP contribution in [0, 0.1) is 0 Å². The van der Waals surface area contributed by atoms with Crippen LogP contribution in [0.5, 0.6) is 0 Å². The van der Waals surface area contributed by atoms with Gasteiger partial charge >= 0.3 is 0 Å². The minimum atomic E-state index is -3.58. The van der Waals surface area contributed by atoms with Gasteiger partial charge in [0.2, 0.25) is 15.9 Å². The Balaban J connectivity index is 2.24. The van der Waals surface area contributed by atoms with Crippen LogP contribution in [0.4, 0.5) is 0 Å². The summed E-state index contributed by atoms with van der Waals surface area (Å²) in [6.45, 7) is 4.81. The van der Waals surface area contributed by atoms with Gasteiger partial charge in [0.05, 0.1) is 11.4 Å². The van der Waals surface area contributed by atoms with E-state index < -0.39 is 10.0 Å². The standard InChI is InChI=1S/C14H20N2O3S/c1-11(2)12-4-6-13(7-5-12)20(18,19)16-9-8-15(3)14(17)10-16/h4-7,11H,8-10H2,1-3H3. The Kier molecular flexibility index (Phi) is 4.15. The Morgan fingerprint density at radius 2 is 1.70 bits per heavy atom. The summed E-state index contributed by atoms with van der Waals surface area (Å²) in [6.07, 6.45) is 0. The van der Waals surface area contributed by atoms with Gasteiger partial charge in [0.1, 0.15) is 0 Å². The van der Waals surface area contributed by atoms with Crippen LogP contribution < -0.4 is 0 Å². The van der Waals surface area contributed by atoms with E-state index >= 15 is 0 Å². The van der Waals surface area contributed by atoms with Crippen molar-refractivity contribution >= 4 is 15.9 Å². The summed E-state index contributed by atoms with van der Waals surface area (Å²) in [6, 6.07) is 6.89. The van der Waals surface area contributed by atoms with Gasteiger partial charge in [-0.05, 0) is 23.6 Å². The molecule has 0 aromatic heterocycles. The number of piperazine rings is 1. The van der Waals surface area contributed by atoms with Crippen molar-refractivity contribution in [3.05, 3.63) is 29.8 Å². The highest BCUT2D eigenvalue weighted by Gasteiger charge is 2.31. The van der Waals surface area contributed by atoms with E-state index in [9.17, 15) is 13.2 Å². The molecule has 0 saturated carbocycles. The summed E-state index contributed by atoms with van der Waals surface area (Å²) in [5, 5.41) is 0. The molecule has 2 rings (SSSR count). The van der Waals surface area contributed by atoms with E-state index in [1.54, 1.807) is 24.1 Å². The van der Waals surface area contributed by atoms with Crippen molar-refractivity contribution in [1.29, 1.82) is 0 Å². The molecule has 1 aliphatic rings. The van der Waals surface area contributed by atoms with E-state index in [0.29, 0.717) is 19.0 Å². The van der Waals surface area contributed by atoms with E-state index in [4.69, 9.17) is 0 Å². The first-order valence-corrected chi connectivity index (χ1v) is 8.10. The molecule has 1 aromatic rings. The van der Waals surface area contributed by atoms with Crippen molar-refractivity contribution in [1.82, 2.24) is 9.21 Å². The Bertz CT molecular complexity index is 593. The van der Waals surface area contributed by atoms with Crippen LogP contribution in [0.2, 0.25) is 0 Å². The van der Waals surface area contributed by atoms with E-state index in [0.717, 1.165) is 5.56 Å². The predicted octanol–water partition coefficient (Wildman–Crippen LogP) is 1.27. The van der Waals surface area contributed by atoms with E-state index in [1.165, 1.54) is 4.31 Å². The number of rotatable bonds is 3. The van der Waals surface area contributed by atoms with Gasteiger partial charge in [-0.3, -0.25) is 4.79 Å². The quantitative estimate of drug-likeness (QED) is 0.844. The monoisotopic (exact) mass is 296 g/mol. The first-order valence-electron chi connectivity index (χ1n) is 6.66. The fourth-order valence-electron chi connectivity index (χ4n) is 2.12. The van der Waals surface area contributed by atoms with Gasteiger partial charge in [-0.25, -0.2) is 8.42 Å². The molecule has 1 amide bonds. The number of carbonyl (C=O) groups excluding carboxylic acids is 1. The lowest BCUT2D eigenvalue weighted by Gasteiger charge is -2.31. The van der Waals surface area contributed by atoms with Crippen LogP contribution in [0.3, 0.4) is 0 Å². The summed E-state index contributed by atoms with van der Waals surface area (Å²) in [5.74, 6) is 0.190. The average molecular weight is 296 g/mol. The highest BCUT2D eigenvalue weighted by atomic mass is 32.2. The molecule has 0 unspecified atom stereocenters. The molecule has 1 saturated heterocycles. The van der Waals surface area contributed by atoms with Crippen LogP contribution in [0.25, 0.3) is 0 Å². The first-order chi connectivity index (χ1) is 9.32. The molecular formula is C14H20N2O3S. The third-order valence-corrected chi connectivity index (χ3v) is 5.47. The van der Waals surface area contributed by atoms with Gasteiger partial charge in [-0.1, -0.05) is 26.0 Å². The molecule has 0 aliphatic carbocycles. The third-order valence-electron chi connectivity index (χ3n) is 3.61. The zero-order chi connectivity index (χ0) is 14.9. The van der Waals surface area contributed by atoms with Gasteiger partial charge in [0.25, 0.3) is 0 Å². The number of hydrogen-bond acceptors (Lipinski definition) is 3. The fraction of sp³-hybridized carbons (Fsp3) is 0.500. The summed E-state index contributed by atoms with van der Waals surface area (Å²) < 4.78 is 26.2. The Morgan fingerprint density at radius 1 is 1.10 bits per heavy atom. The third kappa shape index (κ3) is 2.86. The molecule has 0 spiro atoms. The summed E-state index contributed by atoms with van der Waals surface area (Å²) in [4.78, 5) is 13.4. The van der Waals surface area contributed by atoms with Crippen molar-refractivity contribution in [3.8, 4) is 0 Å². The Hall–Kier alpha value is -1.40. The molecule has 110 valence electrons. The van der Waals surface area contributed by atoms with Gasteiger partial charge in [0, 0.05) is 20.1 Å². The van der Waals surface area contributed by atoms with E-state index in [1.807, 2.05) is 12.1 Å². The molecule has 1 heterocycles. The maximum absolute atomic E-state index is 12.5. The number of benzene rings is 1. The van der Waals surface area contributed by atoms with Crippen molar-refractivity contribution in [2.45, 2.75) is 24.7 Å². The predicted molar refractivity (Wildman–Crippen MR) is 76.9 cm³/mol. The molecule has 0 bridgehead atoms. The Morgan fingerprint density at radius 3 is 2.20 bits per heavy atom. The number of likely N-dealkylation sites (N-methyl/N-ethyl adjacent to an activating group) is 1. The first kappa shape index (κ1) is 15.0. The zero-order valence-electron chi connectivity index (χ0n) is 12.0. The normalized spacial score (nSPS) is 17.8. The minimum absolute atomic E-state index is 0.0786. The summed E-state index contributed by atoms with van der Waals surface area (Å²) in [5.41, 5.74) is 1.10. The topological polar surface area (TPSA) is 57.7 Å². The van der Waals surface area contributed by atoms with Crippen molar-refractivity contribution in [2.24, 2.45) is 0 Å². The number of hydrogen-bond donors (Lipinski definition) is 0. The molecule has 1 aliphatic heterocycles. The molecule has 6 heteroatoms. The maximum Gasteiger partial charge on any atom is 0.243 e. The smallest absolute Gasteiger partial charge is 0.243 e.